The van der Waals surface area contributed by atoms with Gasteiger partial charge in [-0.2, -0.15) is 17.8 Å². The number of anilines is 1. The van der Waals surface area contributed by atoms with Gasteiger partial charge in [-0.15, -0.1) is 0 Å². The fourth-order valence-electron chi connectivity index (χ4n) is 5.32. The molecule has 238 valence electrons. The van der Waals surface area contributed by atoms with Crippen molar-refractivity contribution in [1.29, 1.82) is 0 Å². The number of amides is 1. The van der Waals surface area contributed by atoms with Crippen molar-refractivity contribution in [3.63, 3.8) is 0 Å². The lowest BCUT2D eigenvalue weighted by Gasteiger charge is -2.31. The van der Waals surface area contributed by atoms with Crippen LogP contribution >= 0.6 is 0 Å². The Hall–Kier alpha value is -4.04. The molecule has 0 aliphatic carbocycles. The molecule has 0 saturated carbocycles. The zero-order valence-electron chi connectivity index (χ0n) is 25.4. The molecule has 11 nitrogen and oxygen atoms in total. The molecule has 0 unspecified atom stereocenters. The fourth-order valence-corrected chi connectivity index (χ4v) is 6.83. The molecule has 0 atom stereocenters. The molecule has 1 aliphatic heterocycles. The van der Waals surface area contributed by atoms with Crippen molar-refractivity contribution in [3.8, 4) is 16.9 Å². The highest BCUT2D eigenvalue weighted by Crippen LogP contribution is 2.36. The number of ether oxygens (including phenoxy) is 1. The van der Waals surface area contributed by atoms with Crippen LogP contribution in [0.4, 0.5) is 5.69 Å². The number of nitrogens with zero attached hydrogens (tertiary/aromatic N) is 3. The summed E-state index contributed by atoms with van der Waals surface area (Å²) in [7, 11) is -8.22. The second kappa shape index (κ2) is 13.5. The molecule has 5 rings (SSSR count). The Balaban J connectivity index is 1.25. The molecule has 1 aliphatic rings. The van der Waals surface area contributed by atoms with Crippen LogP contribution in [0, 0.1) is 13.8 Å². The number of nitrogens with one attached hydrogen (secondary N) is 1. The highest BCUT2D eigenvalue weighted by molar-refractivity contribution is 7.90. The van der Waals surface area contributed by atoms with Crippen molar-refractivity contribution in [2.45, 2.75) is 51.0 Å². The molecule has 45 heavy (non-hydrogen) atoms. The second-order valence-electron chi connectivity index (χ2n) is 11.1. The monoisotopic (exact) mass is 652 g/mol. The van der Waals surface area contributed by atoms with Gasteiger partial charge in [-0.1, -0.05) is 41.3 Å². The van der Waals surface area contributed by atoms with E-state index in [9.17, 15) is 21.6 Å². The van der Waals surface area contributed by atoms with Crippen molar-refractivity contribution in [2.24, 2.45) is 0 Å². The van der Waals surface area contributed by atoms with Crippen molar-refractivity contribution < 1.29 is 30.7 Å². The van der Waals surface area contributed by atoms with Crippen LogP contribution in [-0.2, 0) is 42.2 Å². The van der Waals surface area contributed by atoms with E-state index in [0.717, 1.165) is 52.8 Å². The van der Waals surface area contributed by atoms with E-state index in [-0.39, 0.29) is 17.3 Å². The van der Waals surface area contributed by atoms with Gasteiger partial charge in [-0.3, -0.25) is 9.48 Å². The lowest BCUT2D eigenvalue weighted by atomic mass is 9.93. The third-order valence-corrected chi connectivity index (χ3v) is 9.36. The smallest absolute Gasteiger partial charge is 0.281 e. The summed E-state index contributed by atoms with van der Waals surface area (Å²) in [6.45, 7) is 5.49. The normalized spacial score (nSPS) is 13.4. The summed E-state index contributed by atoms with van der Waals surface area (Å²) >= 11 is 0. The number of benzene rings is 3. The van der Waals surface area contributed by atoms with Crippen LogP contribution < -0.4 is 14.5 Å². The van der Waals surface area contributed by atoms with Crippen LogP contribution in [0.5, 0.6) is 5.75 Å². The highest BCUT2D eigenvalue weighted by atomic mass is 32.2. The summed E-state index contributed by atoms with van der Waals surface area (Å²) in [5.41, 5.74) is 6.80. The van der Waals surface area contributed by atoms with Gasteiger partial charge in [0.05, 0.1) is 30.5 Å². The SMILES string of the molecule is Cc1cccc(OCCCC(=O)N2CCCc3c(-c4cnn(Cc5cccc(S(=O)(=O)NOS(C)(=O)=O)c5)c4)cccc32)c1C. The molecule has 1 aromatic heterocycles. The molecular weight excluding hydrogens is 617 g/mol. The first-order valence-electron chi connectivity index (χ1n) is 14.5. The standard InChI is InChI=1S/C32H36N4O7S2/c1-23-9-4-15-31(24(23)2)42-18-8-16-32(37)36-17-7-13-29-28(12-6-14-30(29)36)26-20-33-35(22-26)21-25-10-5-11-27(19-25)45(40,41)34-43-44(3,38)39/h4-6,9-12,14-15,19-20,22,34H,7-8,13,16-18,21H2,1-3H3. The Morgan fingerprint density at radius 2 is 1.80 bits per heavy atom. The summed E-state index contributed by atoms with van der Waals surface area (Å²) < 4.78 is 59.3. The quantitative estimate of drug-likeness (QED) is 0.174. The largest absolute Gasteiger partial charge is 0.493 e. The van der Waals surface area contributed by atoms with Gasteiger partial charge in [0.25, 0.3) is 20.1 Å². The number of hydrogen-bond donors (Lipinski definition) is 1. The minimum Gasteiger partial charge on any atom is -0.493 e. The van der Waals surface area contributed by atoms with Gasteiger partial charge < -0.3 is 9.64 Å². The van der Waals surface area contributed by atoms with Crippen LogP contribution in [0.2, 0.25) is 0 Å². The number of carbonyl (C=O) groups is 1. The van der Waals surface area contributed by atoms with E-state index in [2.05, 4.69) is 22.4 Å². The molecule has 2 heterocycles. The van der Waals surface area contributed by atoms with Gasteiger partial charge in [0.1, 0.15) is 5.75 Å². The fraction of sp³-hybridized carbons (Fsp3) is 0.312. The average Bonchev–Trinajstić information content (AvgIpc) is 3.47. The number of fused-ring (bicyclic) bond motifs is 1. The van der Waals surface area contributed by atoms with Gasteiger partial charge >= 0.3 is 0 Å². The van der Waals surface area contributed by atoms with Gasteiger partial charge in [-0.05, 0) is 85.2 Å². The second-order valence-corrected chi connectivity index (χ2v) is 14.3. The van der Waals surface area contributed by atoms with E-state index >= 15 is 0 Å². The Bertz CT molecular complexity index is 1920. The topological polar surface area (TPSA) is 137 Å². The Kier molecular flexibility index (Phi) is 9.73. The minimum atomic E-state index is -4.21. The molecule has 13 heteroatoms. The van der Waals surface area contributed by atoms with Crippen molar-refractivity contribution in [2.75, 3.05) is 24.3 Å². The molecule has 4 aromatic rings. The molecule has 0 bridgehead atoms. The third kappa shape index (κ3) is 7.98. The number of sulfonamides is 1. The van der Waals surface area contributed by atoms with Crippen molar-refractivity contribution >= 4 is 31.7 Å². The van der Waals surface area contributed by atoms with Gasteiger partial charge in [0.2, 0.25) is 5.91 Å². The van der Waals surface area contributed by atoms with Gasteiger partial charge in [-0.25, -0.2) is 8.42 Å². The highest BCUT2D eigenvalue weighted by Gasteiger charge is 2.25. The summed E-state index contributed by atoms with van der Waals surface area (Å²) in [4.78, 5) is 16.7. The summed E-state index contributed by atoms with van der Waals surface area (Å²) in [6, 6.07) is 18.0. The number of aromatic nitrogens is 2. The van der Waals surface area contributed by atoms with Crippen LogP contribution in [0.15, 0.2) is 78.0 Å². The molecule has 0 radical (unpaired) electrons. The Labute approximate surface area is 263 Å². The van der Waals surface area contributed by atoms with E-state index in [0.29, 0.717) is 31.6 Å². The molecule has 0 saturated heterocycles. The van der Waals surface area contributed by atoms with E-state index in [1.54, 1.807) is 27.9 Å². The maximum absolute atomic E-state index is 13.3. The van der Waals surface area contributed by atoms with Gasteiger partial charge in [0, 0.05) is 30.4 Å². The van der Waals surface area contributed by atoms with Crippen LogP contribution in [0.1, 0.15) is 41.5 Å². The average molecular weight is 653 g/mol. The zero-order valence-corrected chi connectivity index (χ0v) is 27.0. The minimum absolute atomic E-state index is 0.0691. The first kappa shape index (κ1) is 32.4. The molecule has 3 aromatic carbocycles. The molecule has 0 spiro atoms. The predicted octanol–water partition coefficient (Wildman–Crippen LogP) is 4.52. The van der Waals surface area contributed by atoms with E-state index in [1.165, 1.54) is 17.7 Å². The molecule has 1 amide bonds. The van der Waals surface area contributed by atoms with E-state index in [4.69, 9.17) is 4.74 Å². The van der Waals surface area contributed by atoms with Crippen LogP contribution in [-0.4, -0.2) is 51.9 Å². The number of carbonyl (C=O) groups excluding carboxylic acids is 1. The van der Waals surface area contributed by atoms with E-state index in [1.807, 2.05) is 48.4 Å². The van der Waals surface area contributed by atoms with Crippen molar-refractivity contribution in [3.05, 3.63) is 95.3 Å². The number of rotatable bonds is 12. The lowest BCUT2D eigenvalue weighted by Crippen LogP contribution is -2.35. The predicted molar refractivity (Wildman–Crippen MR) is 171 cm³/mol. The van der Waals surface area contributed by atoms with Crippen LogP contribution in [0.3, 0.4) is 0 Å². The zero-order chi connectivity index (χ0) is 32.2. The lowest BCUT2D eigenvalue weighted by molar-refractivity contribution is -0.118. The van der Waals surface area contributed by atoms with Crippen LogP contribution in [0.25, 0.3) is 11.1 Å². The summed E-state index contributed by atoms with van der Waals surface area (Å²) in [6.07, 6.45) is 7.06. The first-order chi connectivity index (χ1) is 21.4. The number of hydrogen-bond acceptors (Lipinski definition) is 8. The third-order valence-electron chi connectivity index (χ3n) is 7.69. The number of aryl methyl sites for hydroxylation is 1. The Morgan fingerprint density at radius 3 is 2.60 bits per heavy atom. The first-order valence-corrected chi connectivity index (χ1v) is 17.8. The molecule has 1 N–H and O–H groups in total. The Morgan fingerprint density at radius 1 is 1.02 bits per heavy atom. The summed E-state index contributed by atoms with van der Waals surface area (Å²) in [5.74, 6) is 0.921. The van der Waals surface area contributed by atoms with Gasteiger partial charge in [0.15, 0.2) is 0 Å². The van der Waals surface area contributed by atoms with E-state index < -0.39 is 20.1 Å². The molecular formula is C32H36N4O7S2. The molecule has 0 fully saturated rings. The maximum atomic E-state index is 13.3. The maximum Gasteiger partial charge on any atom is 0.281 e. The van der Waals surface area contributed by atoms with Crippen molar-refractivity contribution in [1.82, 2.24) is 14.7 Å². The summed E-state index contributed by atoms with van der Waals surface area (Å²) in [5, 5.41) is 4.49.